The van der Waals surface area contributed by atoms with E-state index in [1.165, 1.54) is 0 Å². The molecule has 0 spiro atoms. The standard InChI is InChI=1S/C5H10O5/c6-1-3(8)5(10)4(9)2-7/h1,3-5,7-10H,2H2/t3-,4-,5-/m0/s1/i2+1. The van der Waals surface area contributed by atoms with Gasteiger partial charge in [-0.05, 0) is 0 Å². The predicted molar refractivity (Wildman–Crippen MR) is 31.2 cm³/mol. The van der Waals surface area contributed by atoms with Crippen LogP contribution >= 0.6 is 0 Å². The van der Waals surface area contributed by atoms with Crippen molar-refractivity contribution in [3.63, 3.8) is 0 Å². The third-order valence-electron chi connectivity index (χ3n) is 1.07. The largest absolute Gasteiger partial charge is 0.394 e. The second-order valence-electron chi connectivity index (χ2n) is 1.87. The summed E-state index contributed by atoms with van der Waals surface area (Å²) in [5.74, 6) is 0. The fourth-order valence-electron chi connectivity index (χ4n) is 0.416. The minimum absolute atomic E-state index is 0.0869. The minimum Gasteiger partial charge on any atom is -0.394 e. The first kappa shape index (κ1) is 9.51. The molecular weight excluding hydrogens is 141 g/mol. The smallest absolute Gasteiger partial charge is 0.151 e. The number of aliphatic hydroxyl groups is 4. The normalized spacial score (nSPS) is 19.6. The Morgan fingerprint density at radius 3 is 2.10 bits per heavy atom. The molecule has 0 fully saturated rings. The van der Waals surface area contributed by atoms with Crippen LogP contribution in [-0.4, -0.2) is 51.6 Å². The molecule has 0 aliphatic carbocycles. The van der Waals surface area contributed by atoms with Crippen LogP contribution < -0.4 is 0 Å². The molecule has 5 heteroatoms. The lowest BCUT2D eigenvalue weighted by atomic mass is 10.2. The lowest BCUT2D eigenvalue weighted by Crippen LogP contribution is -2.40. The highest BCUT2D eigenvalue weighted by molar-refractivity contribution is 5.56. The summed E-state index contributed by atoms with van der Waals surface area (Å²) in [5, 5.41) is 34.1. The lowest BCUT2D eigenvalue weighted by molar-refractivity contribution is -0.127. The Hall–Kier alpha value is -0.490. The van der Waals surface area contributed by atoms with E-state index in [1.807, 2.05) is 0 Å². The van der Waals surface area contributed by atoms with Crippen molar-refractivity contribution < 1.29 is 25.2 Å². The molecule has 5 nitrogen and oxygen atoms in total. The maximum atomic E-state index is 9.76. The van der Waals surface area contributed by atoms with Crippen LogP contribution in [0.3, 0.4) is 0 Å². The van der Waals surface area contributed by atoms with Crippen LogP contribution in [0.5, 0.6) is 0 Å². The molecule has 0 rings (SSSR count). The zero-order valence-corrected chi connectivity index (χ0v) is 5.21. The molecule has 0 heterocycles. The average molecular weight is 151 g/mol. The molecule has 0 radical (unpaired) electrons. The van der Waals surface area contributed by atoms with Crippen molar-refractivity contribution in [3.8, 4) is 0 Å². The molecule has 0 aromatic rings. The molecule has 0 aliphatic heterocycles. The fraction of sp³-hybridized carbons (Fsp3) is 0.800. The van der Waals surface area contributed by atoms with Crippen molar-refractivity contribution in [2.45, 2.75) is 18.3 Å². The maximum absolute atomic E-state index is 9.76. The first-order chi connectivity index (χ1) is 4.63. The number of rotatable bonds is 4. The Labute approximate surface area is 57.5 Å². The fourth-order valence-corrected chi connectivity index (χ4v) is 0.416. The molecule has 0 aromatic carbocycles. The molecule has 0 aliphatic rings. The van der Waals surface area contributed by atoms with Crippen molar-refractivity contribution in [1.29, 1.82) is 0 Å². The summed E-state index contributed by atoms with van der Waals surface area (Å²) in [5.41, 5.74) is 0. The molecule has 3 atom stereocenters. The van der Waals surface area contributed by atoms with E-state index in [9.17, 15) is 4.79 Å². The monoisotopic (exact) mass is 151 g/mol. The van der Waals surface area contributed by atoms with Crippen molar-refractivity contribution in [1.82, 2.24) is 0 Å². The van der Waals surface area contributed by atoms with Crippen LogP contribution in [0.1, 0.15) is 0 Å². The van der Waals surface area contributed by atoms with E-state index in [1.54, 1.807) is 0 Å². The lowest BCUT2D eigenvalue weighted by Gasteiger charge is -2.16. The molecule has 0 saturated heterocycles. The van der Waals surface area contributed by atoms with Crippen LogP contribution in [-0.2, 0) is 4.79 Å². The van der Waals surface area contributed by atoms with Gasteiger partial charge in [0, 0.05) is 0 Å². The summed E-state index contributed by atoms with van der Waals surface area (Å²) >= 11 is 0. The van der Waals surface area contributed by atoms with E-state index in [0.717, 1.165) is 0 Å². The summed E-state index contributed by atoms with van der Waals surface area (Å²) in [6.07, 6.45) is -4.63. The van der Waals surface area contributed by atoms with Gasteiger partial charge in [0.15, 0.2) is 6.29 Å². The number of hydrogen-bond acceptors (Lipinski definition) is 5. The topological polar surface area (TPSA) is 98.0 Å². The third-order valence-corrected chi connectivity index (χ3v) is 1.07. The van der Waals surface area contributed by atoms with Crippen LogP contribution in [0.2, 0.25) is 0 Å². The highest BCUT2D eigenvalue weighted by atomic mass is 16.4. The molecule has 10 heavy (non-hydrogen) atoms. The Bertz CT molecular complexity index is 104. The quantitative estimate of drug-likeness (QED) is 0.258. The van der Waals surface area contributed by atoms with Gasteiger partial charge in [-0.15, -0.1) is 0 Å². The maximum Gasteiger partial charge on any atom is 0.151 e. The van der Waals surface area contributed by atoms with Crippen molar-refractivity contribution in [2.75, 3.05) is 6.61 Å². The molecule has 0 saturated carbocycles. The van der Waals surface area contributed by atoms with Crippen LogP contribution in [0.4, 0.5) is 0 Å². The Kier molecular flexibility index (Phi) is 4.13. The van der Waals surface area contributed by atoms with E-state index in [4.69, 9.17) is 20.4 Å². The molecule has 0 unspecified atom stereocenters. The summed E-state index contributed by atoms with van der Waals surface area (Å²) in [6, 6.07) is 0. The number of aliphatic hydroxyl groups excluding tert-OH is 4. The number of hydrogen-bond donors (Lipinski definition) is 4. The second-order valence-corrected chi connectivity index (χ2v) is 1.87. The van der Waals surface area contributed by atoms with E-state index < -0.39 is 24.9 Å². The van der Waals surface area contributed by atoms with Crippen molar-refractivity contribution >= 4 is 6.29 Å². The molecule has 0 aromatic heterocycles. The minimum atomic E-state index is -1.64. The van der Waals surface area contributed by atoms with Gasteiger partial charge in [-0.1, -0.05) is 0 Å². The SMILES string of the molecule is O=C[C@H](O)[C@H](O)[C@@H](O)[13CH2]O. The van der Waals surface area contributed by atoms with Crippen molar-refractivity contribution in [2.24, 2.45) is 0 Å². The molecule has 60 valence electrons. The van der Waals surface area contributed by atoms with E-state index in [2.05, 4.69) is 0 Å². The second kappa shape index (κ2) is 4.35. The zero-order chi connectivity index (χ0) is 8.15. The molecule has 0 amide bonds. The number of carbonyl (C=O) groups excluding carboxylic acids is 1. The number of carbonyl (C=O) groups is 1. The summed E-state index contributed by atoms with van der Waals surface area (Å²) in [7, 11) is 0. The van der Waals surface area contributed by atoms with Crippen LogP contribution in [0.25, 0.3) is 0 Å². The van der Waals surface area contributed by atoms with Gasteiger partial charge in [0.1, 0.15) is 18.3 Å². The van der Waals surface area contributed by atoms with Gasteiger partial charge in [0.25, 0.3) is 0 Å². The van der Waals surface area contributed by atoms with Gasteiger partial charge in [-0.3, -0.25) is 0 Å². The Morgan fingerprint density at radius 2 is 1.80 bits per heavy atom. The van der Waals surface area contributed by atoms with E-state index >= 15 is 0 Å². The van der Waals surface area contributed by atoms with Gasteiger partial charge < -0.3 is 25.2 Å². The zero-order valence-electron chi connectivity index (χ0n) is 5.21. The van der Waals surface area contributed by atoms with Crippen molar-refractivity contribution in [3.05, 3.63) is 0 Å². The van der Waals surface area contributed by atoms with Gasteiger partial charge in [0.2, 0.25) is 0 Å². The van der Waals surface area contributed by atoms with Crippen LogP contribution in [0.15, 0.2) is 0 Å². The first-order valence-corrected chi connectivity index (χ1v) is 2.73. The summed E-state index contributed by atoms with van der Waals surface area (Å²) in [4.78, 5) is 9.76. The average Bonchev–Trinajstić information content (AvgIpc) is 2.00. The van der Waals surface area contributed by atoms with E-state index in [-0.39, 0.29) is 6.29 Å². The number of aldehydes is 1. The van der Waals surface area contributed by atoms with E-state index in [0.29, 0.717) is 0 Å². The third kappa shape index (κ3) is 2.40. The molecule has 0 bridgehead atoms. The molecule has 4 N–H and O–H groups in total. The Morgan fingerprint density at radius 1 is 1.30 bits per heavy atom. The predicted octanol–water partition coefficient (Wildman–Crippen LogP) is -2.74. The van der Waals surface area contributed by atoms with Gasteiger partial charge >= 0.3 is 0 Å². The van der Waals surface area contributed by atoms with Gasteiger partial charge in [0.05, 0.1) is 6.61 Å². The first-order valence-electron chi connectivity index (χ1n) is 2.73. The van der Waals surface area contributed by atoms with Gasteiger partial charge in [-0.25, -0.2) is 0 Å². The van der Waals surface area contributed by atoms with Crippen LogP contribution in [0, 0.1) is 0 Å². The van der Waals surface area contributed by atoms with Gasteiger partial charge in [-0.2, -0.15) is 0 Å². The highest BCUT2D eigenvalue weighted by Crippen LogP contribution is 1.96. The summed E-state index contributed by atoms with van der Waals surface area (Å²) in [6.45, 7) is -0.688. The Balaban J connectivity index is 3.80. The summed E-state index contributed by atoms with van der Waals surface area (Å²) < 4.78 is 0. The molecular formula is C5H10O5. The highest BCUT2D eigenvalue weighted by Gasteiger charge is 2.22.